The van der Waals surface area contributed by atoms with Gasteiger partial charge in [0, 0.05) is 26.7 Å². The van der Waals surface area contributed by atoms with Crippen LogP contribution < -0.4 is 0 Å². The van der Waals surface area contributed by atoms with Crippen LogP contribution in [0.1, 0.15) is 18.6 Å². The molecule has 0 unspecified atom stereocenters. The van der Waals surface area contributed by atoms with E-state index >= 15 is 0 Å². The molecule has 0 amide bonds. The summed E-state index contributed by atoms with van der Waals surface area (Å²) in [5.74, 6) is -0.794. The number of hydrogen-bond acceptors (Lipinski definition) is 5. The van der Waals surface area contributed by atoms with Crippen molar-refractivity contribution in [3.8, 4) is 0 Å². The number of rotatable bonds is 8. The molecule has 8 nitrogen and oxygen atoms in total. The largest absolute Gasteiger partial charge is 0.481 e. The lowest BCUT2D eigenvalue weighted by Crippen LogP contribution is -2.48. The van der Waals surface area contributed by atoms with E-state index in [0.717, 1.165) is 0 Å². The Hall–Kier alpha value is -1.42. The third kappa shape index (κ3) is 4.54. The Labute approximate surface area is 135 Å². The second-order valence-electron chi connectivity index (χ2n) is 5.43. The van der Waals surface area contributed by atoms with Gasteiger partial charge in [0.2, 0.25) is 0 Å². The lowest BCUT2D eigenvalue weighted by molar-refractivity contribution is -0.142. The molecule has 9 heteroatoms. The average Bonchev–Trinajstić information content (AvgIpc) is 3.04. The molecule has 0 aromatic carbocycles. The van der Waals surface area contributed by atoms with Crippen molar-refractivity contribution >= 4 is 16.2 Å². The summed E-state index contributed by atoms with van der Waals surface area (Å²) in [6, 6.07) is 3.42. The van der Waals surface area contributed by atoms with E-state index in [1.165, 1.54) is 22.0 Å². The van der Waals surface area contributed by atoms with Crippen LogP contribution in [0.3, 0.4) is 0 Å². The van der Waals surface area contributed by atoms with E-state index < -0.39 is 22.1 Å². The fourth-order valence-corrected chi connectivity index (χ4v) is 4.14. The molecule has 0 radical (unpaired) electrons. The number of carboxylic acids is 1. The van der Waals surface area contributed by atoms with Gasteiger partial charge in [-0.2, -0.15) is 17.0 Å². The molecule has 1 fully saturated rings. The standard InChI is InChI=1S/C14H22N2O6S/c1-21-10-8-16(11-13-3-2-9-22-13)23(19,20)15-6-4-12(5-7-15)14(17)18/h2-3,9,12H,4-8,10-11H2,1H3,(H,17,18). The second kappa shape index (κ2) is 7.91. The Kier molecular flexibility index (Phi) is 6.17. The summed E-state index contributed by atoms with van der Waals surface area (Å²) >= 11 is 0. The molecule has 2 rings (SSSR count). The third-order valence-corrected chi connectivity index (χ3v) is 5.89. The minimum absolute atomic E-state index is 0.123. The van der Waals surface area contributed by atoms with Crippen molar-refractivity contribution in [2.24, 2.45) is 5.92 Å². The summed E-state index contributed by atoms with van der Waals surface area (Å²) < 4.78 is 38.5. The Balaban J connectivity index is 2.07. The fourth-order valence-electron chi connectivity index (χ4n) is 2.54. The zero-order valence-corrected chi connectivity index (χ0v) is 13.9. The van der Waals surface area contributed by atoms with Crippen LogP contribution in [0.15, 0.2) is 22.8 Å². The van der Waals surface area contributed by atoms with Gasteiger partial charge in [0.1, 0.15) is 5.76 Å². The Morgan fingerprint density at radius 2 is 2.17 bits per heavy atom. The van der Waals surface area contributed by atoms with Crippen molar-refractivity contribution in [3.05, 3.63) is 24.2 Å². The van der Waals surface area contributed by atoms with Crippen molar-refractivity contribution in [2.75, 3.05) is 33.4 Å². The van der Waals surface area contributed by atoms with Crippen molar-refractivity contribution in [1.29, 1.82) is 0 Å². The molecule has 1 N–H and O–H groups in total. The molecule has 1 aromatic rings. The second-order valence-corrected chi connectivity index (χ2v) is 7.35. The van der Waals surface area contributed by atoms with E-state index in [2.05, 4.69) is 0 Å². The van der Waals surface area contributed by atoms with Crippen molar-refractivity contribution in [1.82, 2.24) is 8.61 Å². The molecule has 0 bridgehead atoms. The number of methoxy groups -OCH3 is 1. The molecule has 1 saturated heterocycles. The molecule has 130 valence electrons. The first kappa shape index (κ1) is 17.9. The molecular weight excluding hydrogens is 324 g/mol. The summed E-state index contributed by atoms with van der Waals surface area (Å²) in [5.41, 5.74) is 0. The maximum atomic E-state index is 12.8. The monoisotopic (exact) mass is 346 g/mol. The number of piperidine rings is 1. The minimum Gasteiger partial charge on any atom is -0.481 e. The van der Waals surface area contributed by atoms with Crippen LogP contribution in [-0.4, -0.2) is 61.5 Å². The molecule has 1 aliphatic heterocycles. The normalized spacial score (nSPS) is 17.7. The van der Waals surface area contributed by atoms with E-state index in [0.29, 0.717) is 18.6 Å². The number of nitrogens with zero attached hydrogens (tertiary/aromatic N) is 2. The molecule has 2 heterocycles. The molecule has 0 spiro atoms. The molecular formula is C14H22N2O6S. The van der Waals surface area contributed by atoms with Gasteiger partial charge in [0.25, 0.3) is 10.2 Å². The van der Waals surface area contributed by atoms with E-state index in [-0.39, 0.29) is 32.8 Å². The smallest absolute Gasteiger partial charge is 0.306 e. The molecule has 1 aromatic heterocycles. The topological polar surface area (TPSA) is 100 Å². The van der Waals surface area contributed by atoms with Gasteiger partial charge in [-0.3, -0.25) is 4.79 Å². The number of carboxylic acid groups (broad SMARTS) is 1. The lowest BCUT2D eigenvalue weighted by Gasteiger charge is -2.33. The molecule has 1 aliphatic rings. The highest BCUT2D eigenvalue weighted by Crippen LogP contribution is 2.22. The highest BCUT2D eigenvalue weighted by Gasteiger charge is 2.35. The first-order valence-corrected chi connectivity index (χ1v) is 8.84. The number of hydrogen-bond donors (Lipinski definition) is 1. The summed E-state index contributed by atoms with van der Waals surface area (Å²) in [4.78, 5) is 11.0. The third-order valence-electron chi connectivity index (χ3n) is 3.91. The SMILES string of the molecule is COCCN(Cc1ccco1)S(=O)(=O)N1CCC(C(=O)O)CC1. The summed E-state index contributed by atoms with van der Waals surface area (Å²) in [5, 5.41) is 9.02. The van der Waals surface area contributed by atoms with Crippen LogP contribution >= 0.6 is 0 Å². The van der Waals surface area contributed by atoms with Gasteiger partial charge in [-0.05, 0) is 25.0 Å². The van der Waals surface area contributed by atoms with Gasteiger partial charge in [-0.15, -0.1) is 0 Å². The zero-order chi connectivity index (χ0) is 16.9. The number of aliphatic carboxylic acids is 1. The first-order chi connectivity index (χ1) is 10.9. The van der Waals surface area contributed by atoms with Gasteiger partial charge in [-0.1, -0.05) is 0 Å². The number of ether oxygens (including phenoxy) is 1. The average molecular weight is 346 g/mol. The van der Waals surface area contributed by atoms with Crippen molar-refractivity contribution in [2.45, 2.75) is 19.4 Å². The molecule has 0 saturated carbocycles. The van der Waals surface area contributed by atoms with Crippen molar-refractivity contribution in [3.63, 3.8) is 0 Å². The van der Waals surface area contributed by atoms with Crippen LogP contribution in [0.2, 0.25) is 0 Å². The Morgan fingerprint density at radius 3 is 2.70 bits per heavy atom. The van der Waals surface area contributed by atoms with Gasteiger partial charge in [-0.25, -0.2) is 0 Å². The van der Waals surface area contributed by atoms with E-state index in [4.69, 9.17) is 14.3 Å². The highest BCUT2D eigenvalue weighted by molar-refractivity contribution is 7.86. The summed E-state index contributed by atoms with van der Waals surface area (Å²) in [7, 11) is -2.18. The summed E-state index contributed by atoms with van der Waals surface area (Å²) in [6.45, 7) is 1.02. The van der Waals surface area contributed by atoms with Gasteiger partial charge < -0.3 is 14.3 Å². The van der Waals surface area contributed by atoms with Gasteiger partial charge >= 0.3 is 5.97 Å². The summed E-state index contributed by atoms with van der Waals surface area (Å²) in [6.07, 6.45) is 2.15. The minimum atomic E-state index is -3.69. The van der Waals surface area contributed by atoms with Crippen LogP contribution in [0, 0.1) is 5.92 Å². The van der Waals surface area contributed by atoms with Crippen molar-refractivity contribution < 1.29 is 27.5 Å². The first-order valence-electron chi connectivity index (χ1n) is 7.44. The maximum absolute atomic E-state index is 12.8. The molecule has 0 atom stereocenters. The molecule has 23 heavy (non-hydrogen) atoms. The Bertz CT molecular complexity index is 593. The fraction of sp³-hybridized carbons (Fsp3) is 0.643. The quantitative estimate of drug-likeness (QED) is 0.746. The maximum Gasteiger partial charge on any atom is 0.306 e. The van der Waals surface area contributed by atoms with Crippen LogP contribution in [-0.2, 0) is 26.3 Å². The Morgan fingerprint density at radius 1 is 1.48 bits per heavy atom. The van der Waals surface area contributed by atoms with Gasteiger partial charge in [0.05, 0.1) is 25.3 Å². The number of carbonyl (C=O) groups is 1. The van der Waals surface area contributed by atoms with Crippen LogP contribution in [0.5, 0.6) is 0 Å². The van der Waals surface area contributed by atoms with E-state index in [1.807, 2.05) is 0 Å². The van der Waals surface area contributed by atoms with Crippen LogP contribution in [0.25, 0.3) is 0 Å². The van der Waals surface area contributed by atoms with Gasteiger partial charge in [0.15, 0.2) is 0 Å². The predicted molar refractivity (Wildman–Crippen MR) is 81.8 cm³/mol. The van der Waals surface area contributed by atoms with E-state index in [9.17, 15) is 13.2 Å². The molecule has 0 aliphatic carbocycles. The lowest BCUT2D eigenvalue weighted by atomic mass is 9.99. The zero-order valence-electron chi connectivity index (χ0n) is 13.1. The highest BCUT2D eigenvalue weighted by atomic mass is 32.2. The van der Waals surface area contributed by atoms with E-state index in [1.54, 1.807) is 12.1 Å². The number of furan rings is 1. The van der Waals surface area contributed by atoms with Crippen LogP contribution in [0.4, 0.5) is 0 Å². The predicted octanol–water partition coefficient (Wildman–Crippen LogP) is 0.769.